The standard InChI is InChI=1S/C29H37N3O3S2/c1-2-3-5-8-23-11-13-24(14-12-23)21-30-26-17-19-32(20-18-26)37(34,35)28-16-15-27(36-28)22-31-29(33)25-9-6-4-7-10-25/h4,6-7,9-16,26,30H,2-3,5,8,17-22H2,1H3,(H,31,33). The summed E-state index contributed by atoms with van der Waals surface area (Å²) in [4.78, 5) is 13.1. The van der Waals surface area contributed by atoms with Gasteiger partial charge in [-0.05, 0) is 61.1 Å². The van der Waals surface area contributed by atoms with E-state index in [1.54, 1.807) is 28.6 Å². The molecule has 1 aliphatic rings. The van der Waals surface area contributed by atoms with Gasteiger partial charge in [0.1, 0.15) is 4.21 Å². The Morgan fingerprint density at radius 1 is 0.919 bits per heavy atom. The predicted octanol–water partition coefficient (Wildman–Crippen LogP) is 5.35. The number of unbranched alkanes of at least 4 members (excludes halogenated alkanes) is 2. The molecule has 0 atom stereocenters. The zero-order valence-electron chi connectivity index (χ0n) is 21.5. The molecule has 1 saturated heterocycles. The van der Waals surface area contributed by atoms with Crippen LogP contribution in [0.3, 0.4) is 0 Å². The van der Waals surface area contributed by atoms with Gasteiger partial charge < -0.3 is 10.6 Å². The van der Waals surface area contributed by atoms with Gasteiger partial charge in [-0.3, -0.25) is 4.79 Å². The van der Waals surface area contributed by atoms with Gasteiger partial charge >= 0.3 is 0 Å². The molecule has 0 radical (unpaired) electrons. The van der Waals surface area contributed by atoms with E-state index in [1.165, 1.54) is 41.7 Å². The van der Waals surface area contributed by atoms with Crippen LogP contribution in [0.15, 0.2) is 70.9 Å². The van der Waals surface area contributed by atoms with E-state index >= 15 is 0 Å². The van der Waals surface area contributed by atoms with Crippen LogP contribution >= 0.6 is 11.3 Å². The van der Waals surface area contributed by atoms with E-state index in [2.05, 4.69) is 41.8 Å². The lowest BCUT2D eigenvalue weighted by Gasteiger charge is -2.31. The second kappa shape index (κ2) is 13.3. The Kier molecular flexibility index (Phi) is 9.91. The zero-order valence-corrected chi connectivity index (χ0v) is 23.1. The molecule has 2 heterocycles. The monoisotopic (exact) mass is 539 g/mol. The second-order valence-corrected chi connectivity index (χ2v) is 12.9. The number of hydrogen-bond donors (Lipinski definition) is 2. The number of nitrogens with one attached hydrogen (secondary N) is 2. The molecule has 1 aromatic heterocycles. The first-order valence-corrected chi connectivity index (χ1v) is 15.4. The molecule has 0 aliphatic carbocycles. The highest BCUT2D eigenvalue weighted by atomic mass is 32.2. The maximum Gasteiger partial charge on any atom is 0.252 e. The quantitative estimate of drug-likeness (QED) is 0.304. The summed E-state index contributed by atoms with van der Waals surface area (Å²) in [6.45, 7) is 4.35. The van der Waals surface area contributed by atoms with Crippen molar-refractivity contribution < 1.29 is 13.2 Å². The van der Waals surface area contributed by atoms with Gasteiger partial charge in [0.05, 0.1) is 6.54 Å². The maximum absolute atomic E-state index is 13.2. The molecule has 0 spiro atoms. The minimum atomic E-state index is -3.53. The van der Waals surface area contributed by atoms with Crippen molar-refractivity contribution in [2.75, 3.05) is 13.1 Å². The van der Waals surface area contributed by atoms with Crippen LogP contribution in [0.25, 0.3) is 0 Å². The number of carbonyl (C=O) groups excluding carboxylic acids is 1. The second-order valence-electron chi connectivity index (χ2n) is 9.60. The normalized spacial score (nSPS) is 15.1. The molecule has 2 N–H and O–H groups in total. The first-order valence-electron chi connectivity index (χ1n) is 13.2. The molecule has 0 bridgehead atoms. The molecule has 37 heavy (non-hydrogen) atoms. The number of hydrogen-bond acceptors (Lipinski definition) is 5. The molecule has 1 fully saturated rings. The van der Waals surface area contributed by atoms with Gasteiger partial charge in [-0.25, -0.2) is 8.42 Å². The lowest BCUT2D eigenvalue weighted by molar-refractivity contribution is 0.0951. The van der Waals surface area contributed by atoms with Gasteiger partial charge in [0, 0.05) is 36.1 Å². The molecule has 0 saturated carbocycles. The van der Waals surface area contributed by atoms with Crippen molar-refractivity contribution >= 4 is 27.3 Å². The molecule has 1 amide bonds. The first-order chi connectivity index (χ1) is 18.0. The van der Waals surface area contributed by atoms with Crippen molar-refractivity contribution in [3.63, 3.8) is 0 Å². The van der Waals surface area contributed by atoms with E-state index in [1.807, 2.05) is 18.2 Å². The molecule has 2 aromatic carbocycles. The third-order valence-electron chi connectivity index (χ3n) is 6.83. The smallest absolute Gasteiger partial charge is 0.252 e. The molecule has 3 aromatic rings. The lowest BCUT2D eigenvalue weighted by Crippen LogP contribution is -2.44. The Labute approximate surface area is 225 Å². The van der Waals surface area contributed by atoms with Gasteiger partial charge in [0.2, 0.25) is 0 Å². The average molecular weight is 540 g/mol. The largest absolute Gasteiger partial charge is 0.347 e. The van der Waals surface area contributed by atoms with Crippen molar-refractivity contribution in [2.45, 2.75) is 68.8 Å². The van der Waals surface area contributed by atoms with Gasteiger partial charge in [-0.1, -0.05) is 62.2 Å². The topological polar surface area (TPSA) is 78.5 Å². The summed E-state index contributed by atoms with van der Waals surface area (Å²) in [5.74, 6) is -0.170. The number of sulfonamides is 1. The number of benzene rings is 2. The Hall–Kier alpha value is -2.52. The Morgan fingerprint density at radius 3 is 2.32 bits per heavy atom. The lowest BCUT2D eigenvalue weighted by atomic mass is 10.0. The Balaban J connectivity index is 1.22. The molecule has 198 valence electrons. The minimum absolute atomic E-state index is 0.170. The van der Waals surface area contributed by atoms with Crippen LogP contribution in [0.2, 0.25) is 0 Å². The number of piperidine rings is 1. The summed E-state index contributed by atoms with van der Waals surface area (Å²) < 4.78 is 28.3. The highest BCUT2D eigenvalue weighted by Gasteiger charge is 2.30. The first kappa shape index (κ1) is 27.5. The fraction of sp³-hybridized carbons (Fsp3) is 0.414. The van der Waals surface area contributed by atoms with Crippen LogP contribution in [0.1, 0.15) is 65.4 Å². The van der Waals surface area contributed by atoms with Gasteiger partial charge in [0.25, 0.3) is 15.9 Å². The highest BCUT2D eigenvalue weighted by Crippen LogP contribution is 2.27. The fourth-order valence-electron chi connectivity index (χ4n) is 4.54. The van der Waals surface area contributed by atoms with Gasteiger partial charge in [0.15, 0.2) is 0 Å². The zero-order chi connectivity index (χ0) is 26.1. The van der Waals surface area contributed by atoms with Crippen molar-refractivity contribution in [3.05, 3.63) is 88.3 Å². The average Bonchev–Trinajstić information content (AvgIpc) is 3.42. The van der Waals surface area contributed by atoms with Crippen LogP contribution < -0.4 is 10.6 Å². The molecular weight excluding hydrogens is 502 g/mol. The summed E-state index contributed by atoms with van der Waals surface area (Å²) in [6.07, 6.45) is 6.48. The summed E-state index contributed by atoms with van der Waals surface area (Å²) in [5, 5.41) is 6.47. The summed E-state index contributed by atoms with van der Waals surface area (Å²) >= 11 is 1.23. The van der Waals surface area contributed by atoms with E-state index in [4.69, 9.17) is 0 Å². The fourth-order valence-corrected chi connectivity index (χ4v) is 7.46. The number of thiophene rings is 1. The van der Waals surface area contributed by atoms with Crippen molar-refractivity contribution in [3.8, 4) is 0 Å². The van der Waals surface area contributed by atoms with E-state index in [0.29, 0.717) is 35.4 Å². The summed E-state index contributed by atoms with van der Waals surface area (Å²) in [6, 6.07) is 21.6. The van der Waals surface area contributed by atoms with Crippen molar-refractivity contribution in [1.29, 1.82) is 0 Å². The molecule has 1 aliphatic heterocycles. The van der Waals surface area contributed by atoms with E-state index < -0.39 is 10.0 Å². The third-order valence-corrected chi connectivity index (χ3v) is 10.3. The van der Waals surface area contributed by atoms with Crippen LogP contribution in [-0.2, 0) is 29.5 Å². The van der Waals surface area contributed by atoms with Crippen molar-refractivity contribution in [1.82, 2.24) is 14.9 Å². The number of carbonyl (C=O) groups is 1. The SMILES string of the molecule is CCCCCc1ccc(CNC2CCN(S(=O)(=O)c3ccc(CNC(=O)c4ccccc4)s3)CC2)cc1. The molecule has 6 nitrogen and oxygen atoms in total. The van der Waals surface area contributed by atoms with E-state index in [0.717, 1.165) is 30.7 Å². The summed E-state index contributed by atoms with van der Waals surface area (Å²) in [7, 11) is -3.53. The minimum Gasteiger partial charge on any atom is -0.347 e. The third kappa shape index (κ3) is 7.74. The van der Waals surface area contributed by atoms with Crippen LogP contribution in [0, 0.1) is 0 Å². The number of nitrogens with zero attached hydrogens (tertiary/aromatic N) is 1. The predicted molar refractivity (Wildman–Crippen MR) is 150 cm³/mol. The number of amides is 1. The summed E-state index contributed by atoms with van der Waals surface area (Å²) in [5.41, 5.74) is 3.24. The van der Waals surface area contributed by atoms with Crippen LogP contribution in [-0.4, -0.2) is 37.8 Å². The molecule has 0 unspecified atom stereocenters. The number of aryl methyl sites for hydroxylation is 1. The van der Waals surface area contributed by atoms with Crippen molar-refractivity contribution in [2.24, 2.45) is 0 Å². The highest BCUT2D eigenvalue weighted by molar-refractivity contribution is 7.91. The maximum atomic E-state index is 13.2. The molecule has 4 rings (SSSR count). The van der Waals surface area contributed by atoms with Gasteiger partial charge in [-0.15, -0.1) is 11.3 Å². The number of rotatable bonds is 12. The van der Waals surface area contributed by atoms with E-state index in [-0.39, 0.29) is 5.91 Å². The Bertz CT molecular complexity index is 1230. The van der Waals surface area contributed by atoms with Gasteiger partial charge in [-0.2, -0.15) is 4.31 Å². The molecular formula is C29H37N3O3S2. The van der Waals surface area contributed by atoms with Crippen LogP contribution in [0.4, 0.5) is 0 Å². The Morgan fingerprint density at radius 2 is 1.62 bits per heavy atom. The van der Waals surface area contributed by atoms with Crippen LogP contribution in [0.5, 0.6) is 0 Å². The molecule has 8 heteroatoms. The van der Waals surface area contributed by atoms with E-state index in [9.17, 15) is 13.2 Å².